The number of carbonyl (C=O) groups is 1. The van der Waals surface area contributed by atoms with Crippen LogP contribution in [0.5, 0.6) is 5.75 Å². The first-order valence-corrected chi connectivity index (χ1v) is 8.20. The third-order valence-corrected chi connectivity index (χ3v) is 3.99. The highest BCUT2D eigenvalue weighted by Crippen LogP contribution is 2.21. The number of nitrogens with one attached hydrogen (secondary N) is 1. The van der Waals surface area contributed by atoms with Crippen LogP contribution in [0.2, 0.25) is 0 Å². The maximum Gasteiger partial charge on any atom is 0.261 e. The molecule has 0 radical (unpaired) electrons. The Morgan fingerprint density at radius 2 is 1.83 bits per heavy atom. The summed E-state index contributed by atoms with van der Waals surface area (Å²) in [6.45, 7) is 7.77. The molecular weight excluding hydrogens is 305 g/mol. The second kappa shape index (κ2) is 7.95. The van der Waals surface area contributed by atoms with E-state index in [0.717, 1.165) is 22.4 Å². The maximum absolute atomic E-state index is 13.0. The molecular formula is C20H24FNO2. The number of aryl methyl sites for hydroxylation is 2. The Labute approximate surface area is 142 Å². The Balaban J connectivity index is 2.04. The lowest BCUT2D eigenvalue weighted by Crippen LogP contribution is -2.39. The Morgan fingerprint density at radius 3 is 2.42 bits per heavy atom. The van der Waals surface area contributed by atoms with Crippen molar-refractivity contribution in [1.29, 1.82) is 0 Å². The van der Waals surface area contributed by atoms with E-state index in [4.69, 9.17) is 4.74 Å². The first-order chi connectivity index (χ1) is 11.4. The normalized spacial score (nSPS) is 13.2. The van der Waals surface area contributed by atoms with E-state index in [9.17, 15) is 9.18 Å². The van der Waals surface area contributed by atoms with E-state index in [1.807, 2.05) is 45.9 Å². The number of rotatable bonds is 6. The zero-order valence-corrected chi connectivity index (χ0v) is 14.6. The minimum Gasteiger partial charge on any atom is -0.480 e. The van der Waals surface area contributed by atoms with E-state index in [1.165, 1.54) is 12.1 Å². The molecule has 0 unspecified atom stereocenters. The number of halogens is 1. The Bertz CT molecular complexity index is 697. The van der Waals surface area contributed by atoms with Gasteiger partial charge >= 0.3 is 0 Å². The summed E-state index contributed by atoms with van der Waals surface area (Å²) in [5, 5.41) is 2.93. The first kappa shape index (κ1) is 18.0. The summed E-state index contributed by atoms with van der Waals surface area (Å²) in [7, 11) is 0. The predicted molar refractivity (Wildman–Crippen MR) is 93.6 cm³/mol. The molecule has 0 spiro atoms. The third kappa shape index (κ3) is 4.57. The van der Waals surface area contributed by atoms with Crippen LogP contribution in [-0.4, -0.2) is 12.0 Å². The third-order valence-electron chi connectivity index (χ3n) is 3.99. The molecule has 0 fully saturated rings. The number of ether oxygens (including phenoxy) is 1. The van der Waals surface area contributed by atoms with Crippen molar-refractivity contribution in [3.8, 4) is 5.75 Å². The topological polar surface area (TPSA) is 38.3 Å². The molecule has 0 heterocycles. The van der Waals surface area contributed by atoms with Crippen LogP contribution in [0.4, 0.5) is 4.39 Å². The Hall–Kier alpha value is -2.36. The van der Waals surface area contributed by atoms with Gasteiger partial charge in [-0.1, -0.05) is 36.8 Å². The number of benzene rings is 2. The fourth-order valence-corrected chi connectivity index (χ4v) is 2.55. The van der Waals surface area contributed by atoms with Crippen molar-refractivity contribution in [2.24, 2.45) is 0 Å². The van der Waals surface area contributed by atoms with Crippen molar-refractivity contribution in [3.05, 3.63) is 65.0 Å². The molecule has 0 aliphatic heterocycles. The second-order valence-corrected chi connectivity index (χ2v) is 6.07. The van der Waals surface area contributed by atoms with Crippen molar-refractivity contribution in [1.82, 2.24) is 5.32 Å². The summed E-state index contributed by atoms with van der Waals surface area (Å²) < 4.78 is 18.9. The highest BCUT2D eigenvalue weighted by Gasteiger charge is 2.21. The van der Waals surface area contributed by atoms with Crippen LogP contribution < -0.4 is 10.1 Å². The van der Waals surface area contributed by atoms with Gasteiger partial charge in [-0.25, -0.2) is 4.39 Å². The average molecular weight is 329 g/mol. The molecule has 3 nitrogen and oxygen atoms in total. The van der Waals surface area contributed by atoms with Gasteiger partial charge in [0, 0.05) is 0 Å². The van der Waals surface area contributed by atoms with Crippen LogP contribution in [0.25, 0.3) is 0 Å². The van der Waals surface area contributed by atoms with Gasteiger partial charge in [-0.15, -0.1) is 0 Å². The van der Waals surface area contributed by atoms with Gasteiger partial charge in [0.2, 0.25) is 0 Å². The van der Waals surface area contributed by atoms with Gasteiger partial charge < -0.3 is 10.1 Å². The highest BCUT2D eigenvalue weighted by molar-refractivity contribution is 5.81. The summed E-state index contributed by atoms with van der Waals surface area (Å²) in [5.74, 6) is 0.258. The fraction of sp³-hybridized carbons (Fsp3) is 0.350. The molecule has 1 N–H and O–H groups in total. The standard InChI is InChI=1S/C20H24FNO2/c1-5-18(24-19-11-6-13(2)12-14(19)3)20(23)22-15(4)16-7-9-17(21)10-8-16/h6-12,15,18H,5H2,1-4H3,(H,22,23)/t15-,18+/m0/s1. The highest BCUT2D eigenvalue weighted by atomic mass is 19.1. The number of amides is 1. The van der Waals surface area contributed by atoms with Gasteiger partial charge in [0.05, 0.1) is 6.04 Å². The molecule has 1 amide bonds. The van der Waals surface area contributed by atoms with E-state index >= 15 is 0 Å². The van der Waals surface area contributed by atoms with Crippen LogP contribution in [0.3, 0.4) is 0 Å². The lowest BCUT2D eigenvalue weighted by atomic mass is 10.1. The van der Waals surface area contributed by atoms with Gasteiger partial charge in [0.15, 0.2) is 6.10 Å². The van der Waals surface area contributed by atoms with Gasteiger partial charge in [-0.2, -0.15) is 0 Å². The minimum absolute atomic E-state index is 0.172. The van der Waals surface area contributed by atoms with E-state index in [-0.39, 0.29) is 17.8 Å². The average Bonchev–Trinajstić information content (AvgIpc) is 2.54. The molecule has 2 aromatic rings. The summed E-state index contributed by atoms with van der Waals surface area (Å²) in [6.07, 6.45) is 0.00394. The molecule has 2 rings (SSSR count). The Morgan fingerprint density at radius 1 is 1.17 bits per heavy atom. The van der Waals surface area contributed by atoms with Gasteiger partial charge in [0.1, 0.15) is 11.6 Å². The monoisotopic (exact) mass is 329 g/mol. The molecule has 128 valence electrons. The van der Waals surface area contributed by atoms with Crippen LogP contribution in [0, 0.1) is 19.7 Å². The molecule has 4 heteroatoms. The second-order valence-electron chi connectivity index (χ2n) is 6.07. The first-order valence-electron chi connectivity index (χ1n) is 8.20. The molecule has 0 saturated carbocycles. The van der Waals surface area contributed by atoms with Crippen molar-refractivity contribution in [3.63, 3.8) is 0 Å². The molecule has 0 aliphatic rings. The van der Waals surface area contributed by atoms with Crippen LogP contribution in [-0.2, 0) is 4.79 Å². The van der Waals surface area contributed by atoms with Crippen LogP contribution in [0.1, 0.15) is 43.0 Å². The maximum atomic E-state index is 13.0. The molecule has 2 aromatic carbocycles. The quantitative estimate of drug-likeness (QED) is 0.849. The van der Waals surface area contributed by atoms with Crippen molar-refractivity contribution >= 4 is 5.91 Å². The lowest BCUT2D eigenvalue weighted by Gasteiger charge is -2.21. The van der Waals surface area contributed by atoms with Crippen molar-refractivity contribution < 1.29 is 13.9 Å². The molecule has 0 aromatic heterocycles. The molecule has 0 bridgehead atoms. The Kier molecular flexibility index (Phi) is 5.96. The van der Waals surface area contributed by atoms with Gasteiger partial charge in [0.25, 0.3) is 5.91 Å². The molecule has 0 aliphatic carbocycles. The van der Waals surface area contributed by atoms with Crippen LogP contribution in [0.15, 0.2) is 42.5 Å². The largest absolute Gasteiger partial charge is 0.480 e. The summed E-state index contributed by atoms with van der Waals surface area (Å²) >= 11 is 0. The minimum atomic E-state index is -0.561. The summed E-state index contributed by atoms with van der Waals surface area (Å²) in [5.41, 5.74) is 3.02. The zero-order chi connectivity index (χ0) is 17.7. The molecule has 24 heavy (non-hydrogen) atoms. The lowest BCUT2D eigenvalue weighted by molar-refractivity contribution is -0.128. The fourth-order valence-electron chi connectivity index (χ4n) is 2.55. The van der Waals surface area contributed by atoms with Crippen LogP contribution >= 0.6 is 0 Å². The summed E-state index contributed by atoms with van der Waals surface area (Å²) in [4.78, 5) is 12.5. The number of hydrogen-bond donors (Lipinski definition) is 1. The van der Waals surface area contributed by atoms with E-state index in [1.54, 1.807) is 12.1 Å². The molecule has 2 atom stereocenters. The number of hydrogen-bond acceptors (Lipinski definition) is 2. The van der Waals surface area contributed by atoms with E-state index < -0.39 is 6.10 Å². The number of carbonyl (C=O) groups excluding carboxylic acids is 1. The van der Waals surface area contributed by atoms with E-state index in [0.29, 0.717) is 6.42 Å². The van der Waals surface area contributed by atoms with E-state index in [2.05, 4.69) is 5.32 Å². The van der Waals surface area contributed by atoms with Gasteiger partial charge in [-0.05, 0) is 56.5 Å². The van der Waals surface area contributed by atoms with Crippen molar-refractivity contribution in [2.75, 3.05) is 0 Å². The van der Waals surface area contributed by atoms with Crippen molar-refractivity contribution in [2.45, 2.75) is 46.3 Å². The summed E-state index contributed by atoms with van der Waals surface area (Å²) in [6, 6.07) is 11.8. The predicted octanol–water partition coefficient (Wildman–Crippen LogP) is 4.48. The molecule has 0 saturated heterocycles. The zero-order valence-electron chi connectivity index (χ0n) is 14.6. The smallest absolute Gasteiger partial charge is 0.261 e. The SMILES string of the molecule is CC[C@@H](Oc1ccc(C)cc1C)C(=O)N[C@@H](C)c1ccc(F)cc1. The van der Waals surface area contributed by atoms with Gasteiger partial charge in [-0.3, -0.25) is 4.79 Å².